The van der Waals surface area contributed by atoms with E-state index in [2.05, 4.69) is 6.92 Å². The highest BCUT2D eigenvalue weighted by molar-refractivity contribution is 6.00. The molecule has 5 heteroatoms. The van der Waals surface area contributed by atoms with Gasteiger partial charge in [0.1, 0.15) is 6.54 Å². The van der Waals surface area contributed by atoms with E-state index in [-0.39, 0.29) is 24.1 Å². The van der Waals surface area contributed by atoms with E-state index in [0.29, 0.717) is 17.8 Å². The molecule has 0 radical (unpaired) electrons. The summed E-state index contributed by atoms with van der Waals surface area (Å²) in [6, 6.07) is 6.78. The van der Waals surface area contributed by atoms with Gasteiger partial charge in [-0.3, -0.25) is 14.4 Å². The molecule has 1 rings (SSSR count). The maximum Gasteiger partial charge on any atom is 0.242 e. The van der Waals surface area contributed by atoms with Crippen molar-refractivity contribution in [1.82, 2.24) is 4.90 Å². The van der Waals surface area contributed by atoms with Crippen LogP contribution < -0.4 is 4.90 Å². The molecule has 0 saturated heterocycles. The van der Waals surface area contributed by atoms with Crippen LogP contribution in [0.4, 0.5) is 5.69 Å². The molecule has 0 spiro atoms. The van der Waals surface area contributed by atoms with E-state index in [4.69, 9.17) is 0 Å². The summed E-state index contributed by atoms with van der Waals surface area (Å²) in [7, 11) is 1.74. The monoisotopic (exact) mass is 304 g/mol. The van der Waals surface area contributed by atoms with Crippen molar-refractivity contribution >= 4 is 23.3 Å². The number of hydrogen-bond acceptors (Lipinski definition) is 3. The standard InChI is InChI=1S/C17H24N2O3/c1-5-6-10-18(4)17(22)12-19(14(3)21)16-9-7-8-15(11-16)13(2)20/h7-9,11H,5-6,10,12H2,1-4H3. The Morgan fingerprint density at radius 3 is 2.36 bits per heavy atom. The zero-order valence-corrected chi connectivity index (χ0v) is 13.8. The minimum absolute atomic E-state index is 0.0170. The zero-order chi connectivity index (χ0) is 16.7. The number of carbonyl (C=O) groups is 3. The van der Waals surface area contributed by atoms with E-state index in [1.165, 1.54) is 18.7 Å². The van der Waals surface area contributed by atoms with Gasteiger partial charge in [0.2, 0.25) is 11.8 Å². The van der Waals surface area contributed by atoms with Gasteiger partial charge in [0, 0.05) is 31.8 Å². The number of anilines is 1. The van der Waals surface area contributed by atoms with E-state index in [1.54, 1.807) is 36.2 Å². The Kier molecular flexibility index (Phi) is 6.76. The van der Waals surface area contributed by atoms with Gasteiger partial charge in [-0.05, 0) is 25.5 Å². The minimum Gasteiger partial charge on any atom is -0.344 e. The number of ketones is 1. The number of nitrogens with zero attached hydrogens (tertiary/aromatic N) is 2. The number of carbonyl (C=O) groups excluding carboxylic acids is 3. The Labute approximate surface area is 131 Å². The van der Waals surface area contributed by atoms with Gasteiger partial charge in [-0.25, -0.2) is 0 Å². The maximum atomic E-state index is 12.2. The van der Waals surface area contributed by atoms with Gasteiger partial charge in [-0.2, -0.15) is 0 Å². The number of amides is 2. The van der Waals surface area contributed by atoms with E-state index >= 15 is 0 Å². The molecule has 0 unspecified atom stereocenters. The zero-order valence-electron chi connectivity index (χ0n) is 13.8. The summed E-state index contributed by atoms with van der Waals surface area (Å²) in [5, 5.41) is 0. The van der Waals surface area contributed by atoms with E-state index < -0.39 is 0 Å². The van der Waals surface area contributed by atoms with Gasteiger partial charge in [0.15, 0.2) is 5.78 Å². The van der Waals surface area contributed by atoms with Crippen LogP contribution >= 0.6 is 0 Å². The van der Waals surface area contributed by atoms with Gasteiger partial charge in [-0.1, -0.05) is 25.5 Å². The number of benzene rings is 1. The third kappa shape index (κ3) is 4.98. The Morgan fingerprint density at radius 2 is 1.82 bits per heavy atom. The summed E-state index contributed by atoms with van der Waals surface area (Å²) in [6.07, 6.45) is 1.94. The molecule has 0 N–H and O–H groups in total. The van der Waals surface area contributed by atoms with Crippen molar-refractivity contribution < 1.29 is 14.4 Å². The molecular formula is C17H24N2O3. The quantitative estimate of drug-likeness (QED) is 0.727. The second-order valence-corrected chi connectivity index (χ2v) is 5.38. The lowest BCUT2D eigenvalue weighted by molar-refractivity contribution is -0.130. The number of Topliss-reactive ketones (excluding diaryl/α,β-unsaturated/α-hetero) is 1. The Bertz CT molecular complexity index is 555. The number of likely N-dealkylation sites (N-methyl/N-ethyl adjacent to an activating group) is 1. The molecule has 0 atom stereocenters. The minimum atomic E-state index is -0.224. The van der Waals surface area contributed by atoms with Crippen LogP contribution in [0.1, 0.15) is 44.0 Å². The van der Waals surface area contributed by atoms with E-state index in [0.717, 1.165) is 12.8 Å². The third-order valence-corrected chi connectivity index (χ3v) is 3.51. The predicted octanol–water partition coefficient (Wildman–Crippen LogP) is 2.50. The lowest BCUT2D eigenvalue weighted by atomic mass is 10.1. The maximum absolute atomic E-state index is 12.2. The average molecular weight is 304 g/mol. The first-order valence-corrected chi connectivity index (χ1v) is 7.49. The van der Waals surface area contributed by atoms with E-state index in [1.807, 2.05) is 0 Å². The molecular weight excluding hydrogens is 280 g/mol. The van der Waals surface area contributed by atoms with Crippen molar-refractivity contribution in [3.63, 3.8) is 0 Å². The van der Waals surface area contributed by atoms with Crippen LogP contribution in [0.25, 0.3) is 0 Å². The van der Waals surface area contributed by atoms with Crippen LogP contribution in [-0.2, 0) is 9.59 Å². The second kappa shape index (κ2) is 8.32. The molecule has 0 fully saturated rings. The average Bonchev–Trinajstić information content (AvgIpc) is 2.49. The Hall–Kier alpha value is -2.17. The molecule has 0 aliphatic heterocycles. The van der Waals surface area contributed by atoms with Crippen molar-refractivity contribution in [2.75, 3.05) is 25.0 Å². The SMILES string of the molecule is CCCCN(C)C(=O)CN(C(C)=O)c1cccc(C(C)=O)c1. The van der Waals surface area contributed by atoms with Crippen molar-refractivity contribution in [3.05, 3.63) is 29.8 Å². The van der Waals surface area contributed by atoms with Crippen molar-refractivity contribution in [1.29, 1.82) is 0 Å². The van der Waals surface area contributed by atoms with Gasteiger partial charge in [0.05, 0.1) is 0 Å². The predicted molar refractivity (Wildman–Crippen MR) is 87.0 cm³/mol. The van der Waals surface area contributed by atoms with Crippen LogP contribution in [0.2, 0.25) is 0 Å². The molecule has 1 aromatic carbocycles. The summed E-state index contributed by atoms with van der Waals surface area (Å²) in [4.78, 5) is 38.6. The fraction of sp³-hybridized carbons (Fsp3) is 0.471. The van der Waals surface area contributed by atoms with Gasteiger partial charge < -0.3 is 9.80 Å². The van der Waals surface area contributed by atoms with Crippen LogP contribution in [-0.4, -0.2) is 42.6 Å². The first-order valence-electron chi connectivity index (χ1n) is 7.49. The highest BCUT2D eigenvalue weighted by Crippen LogP contribution is 2.17. The summed E-state index contributed by atoms with van der Waals surface area (Å²) < 4.78 is 0. The van der Waals surface area contributed by atoms with Crippen LogP contribution in [0.5, 0.6) is 0 Å². The molecule has 0 aromatic heterocycles. The smallest absolute Gasteiger partial charge is 0.242 e. The number of rotatable bonds is 7. The highest BCUT2D eigenvalue weighted by atomic mass is 16.2. The first kappa shape index (κ1) is 17.9. The third-order valence-electron chi connectivity index (χ3n) is 3.51. The van der Waals surface area contributed by atoms with Gasteiger partial charge >= 0.3 is 0 Å². The molecule has 22 heavy (non-hydrogen) atoms. The molecule has 1 aromatic rings. The first-order chi connectivity index (χ1) is 10.4. The van der Waals surface area contributed by atoms with Gasteiger partial charge in [0.25, 0.3) is 0 Å². The molecule has 0 heterocycles. The molecule has 120 valence electrons. The normalized spacial score (nSPS) is 10.2. The fourth-order valence-electron chi connectivity index (χ4n) is 2.05. The van der Waals surface area contributed by atoms with Crippen molar-refractivity contribution in [3.8, 4) is 0 Å². The highest BCUT2D eigenvalue weighted by Gasteiger charge is 2.18. The molecule has 0 saturated carbocycles. The Morgan fingerprint density at radius 1 is 1.14 bits per heavy atom. The molecule has 0 aliphatic rings. The van der Waals surface area contributed by atoms with Crippen LogP contribution in [0.15, 0.2) is 24.3 Å². The Balaban J connectivity index is 2.90. The summed E-state index contributed by atoms with van der Waals surface area (Å²) in [5.74, 6) is -0.411. The lowest BCUT2D eigenvalue weighted by Crippen LogP contribution is -2.41. The summed E-state index contributed by atoms with van der Waals surface area (Å²) >= 11 is 0. The van der Waals surface area contributed by atoms with Crippen molar-refractivity contribution in [2.24, 2.45) is 0 Å². The molecule has 0 aliphatic carbocycles. The summed E-state index contributed by atoms with van der Waals surface area (Å²) in [5.41, 5.74) is 1.09. The number of hydrogen-bond donors (Lipinski definition) is 0. The molecule has 5 nitrogen and oxygen atoms in total. The van der Waals surface area contributed by atoms with Crippen LogP contribution in [0, 0.1) is 0 Å². The van der Waals surface area contributed by atoms with Crippen molar-refractivity contribution in [2.45, 2.75) is 33.6 Å². The van der Waals surface area contributed by atoms with E-state index in [9.17, 15) is 14.4 Å². The lowest BCUT2D eigenvalue weighted by Gasteiger charge is -2.24. The number of unbranched alkanes of at least 4 members (excludes halogenated alkanes) is 1. The summed E-state index contributed by atoms with van der Waals surface area (Å²) in [6.45, 7) is 5.61. The fourth-order valence-corrected chi connectivity index (χ4v) is 2.05. The van der Waals surface area contributed by atoms with Gasteiger partial charge in [-0.15, -0.1) is 0 Å². The van der Waals surface area contributed by atoms with Crippen LogP contribution in [0.3, 0.4) is 0 Å². The second-order valence-electron chi connectivity index (χ2n) is 5.38. The largest absolute Gasteiger partial charge is 0.344 e. The molecule has 0 bridgehead atoms. The molecule has 2 amide bonds. The topological polar surface area (TPSA) is 57.7 Å².